The fourth-order valence-electron chi connectivity index (χ4n) is 3.23. The number of ether oxygens (including phenoxy) is 1. The average molecular weight is 416 g/mol. The van der Waals surface area contributed by atoms with Crippen LogP contribution in [0.4, 0.5) is 20.2 Å². The Morgan fingerprint density at radius 1 is 1.23 bits per heavy atom. The Morgan fingerprint density at radius 3 is 2.47 bits per heavy atom. The van der Waals surface area contributed by atoms with Crippen LogP contribution in [-0.4, -0.2) is 44.1 Å². The molecule has 1 aliphatic heterocycles. The Kier molecular flexibility index (Phi) is 7.35. The van der Waals surface area contributed by atoms with Crippen LogP contribution in [0.1, 0.15) is 25.3 Å². The highest BCUT2D eigenvalue weighted by Crippen LogP contribution is 2.22. The molecule has 6 nitrogen and oxygen atoms in total. The molecule has 2 aromatic carbocycles. The first-order valence-corrected chi connectivity index (χ1v) is 9.92. The van der Waals surface area contributed by atoms with Gasteiger partial charge in [-0.1, -0.05) is 6.07 Å². The lowest BCUT2D eigenvalue weighted by molar-refractivity contribution is -0.108. The summed E-state index contributed by atoms with van der Waals surface area (Å²) in [5.41, 5.74) is 7.45. The van der Waals surface area contributed by atoms with Crippen molar-refractivity contribution in [2.24, 2.45) is 10.7 Å². The fraction of sp³-hybridized carbons (Fsp3) is 0.364. The van der Waals surface area contributed by atoms with E-state index in [-0.39, 0.29) is 18.7 Å². The third-order valence-corrected chi connectivity index (χ3v) is 4.95. The Bertz CT molecular complexity index is 861. The molecular weight excluding hydrogens is 390 g/mol. The highest BCUT2D eigenvalue weighted by molar-refractivity contribution is 5.95. The monoisotopic (exact) mass is 416 g/mol. The van der Waals surface area contributed by atoms with Gasteiger partial charge < -0.3 is 25.5 Å². The molecule has 0 aliphatic carbocycles. The number of aliphatic imine (C=N–C) groups is 1. The van der Waals surface area contributed by atoms with E-state index in [1.165, 1.54) is 13.0 Å². The summed E-state index contributed by atoms with van der Waals surface area (Å²) in [5.74, 6) is -1.88. The SMILES string of the molecule is CC(C=O)N=C(OCNc1ccc(N2CCC(N)CC2)cc1)c1c(F)cccc1F. The molecule has 3 rings (SSSR count). The van der Waals surface area contributed by atoms with Crippen LogP contribution in [0, 0.1) is 11.6 Å². The maximum absolute atomic E-state index is 14.1. The molecule has 0 amide bonds. The molecule has 0 spiro atoms. The summed E-state index contributed by atoms with van der Waals surface area (Å²) < 4.78 is 33.8. The number of piperidine rings is 1. The summed E-state index contributed by atoms with van der Waals surface area (Å²) in [5, 5.41) is 3.04. The van der Waals surface area contributed by atoms with Gasteiger partial charge in [0.2, 0.25) is 5.90 Å². The molecule has 1 saturated heterocycles. The van der Waals surface area contributed by atoms with Crippen LogP contribution < -0.4 is 16.0 Å². The molecule has 160 valence electrons. The number of benzene rings is 2. The predicted octanol–water partition coefficient (Wildman–Crippen LogP) is 3.31. The normalized spacial score (nSPS) is 16.3. The quantitative estimate of drug-likeness (QED) is 0.313. The smallest absolute Gasteiger partial charge is 0.224 e. The lowest BCUT2D eigenvalue weighted by atomic mass is 10.1. The van der Waals surface area contributed by atoms with E-state index in [0.717, 1.165) is 49.4 Å². The highest BCUT2D eigenvalue weighted by Gasteiger charge is 2.18. The van der Waals surface area contributed by atoms with Crippen molar-refractivity contribution in [3.8, 4) is 0 Å². The van der Waals surface area contributed by atoms with E-state index in [4.69, 9.17) is 10.5 Å². The Morgan fingerprint density at radius 2 is 1.87 bits per heavy atom. The molecule has 2 aromatic rings. The number of nitrogens with one attached hydrogen (secondary N) is 1. The molecule has 1 unspecified atom stereocenters. The minimum absolute atomic E-state index is 0.0733. The van der Waals surface area contributed by atoms with Crippen molar-refractivity contribution in [3.05, 3.63) is 59.7 Å². The number of aldehydes is 1. The summed E-state index contributed by atoms with van der Waals surface area (Å²) in [6, 6.07) is 10.8. The van der Waals surface area contributed by atoms with Crippen LogP contribution in [0.25, 0.3) is 0 Å². The molecule has 0 bridgehead atoms. The van der Waals surface area contributed by atoms with Gasteiger partial charge in [-0.15, -0.1) is 0 Å². The molecule has 1 atom stereocenters. The van der Waals surface area contributed by atoms with E-state index >= 15 is 0 Å². The summed E-state index contributed by atoms with van der Waals surface area (Å²) >= 11 is 0. The standard InChI is InChI=1S/C22H26F2N4O2/c1-15(13-29)27-22(21-19(23)3-2-4-20(21)24)30-14-26-17-5-7-18(8-6-17)28-11-9-16(25)10-12-28/h2-8,13,15-16,26H,9-12,14,25H2,1H3. The van der Waals surface area contributed by atoms with Gasteiger partial charge in [-0.05, 0) is 56.2 Å². The molecule has 1 fully saturated rings. The second-order valence-electron chi connectivity index (χ2n) is 7.24. The third-order valence-electron chi connectivity index (χ3n) is 4.95. The predicted molar refractivity (Wildman–Crippen MR) is 114 cm³/mol. The molecule has 0 saturated carbocycles. The maximum atomic E-state index is 14.1. The van der Waals surface area contributed by atoms with Gasteiger partial charge in [-0.25, -0.2) is 13.8 Å². The van der Waals surface area contributed by atoms with E-state index < -0.39 is 23.2 Å². The van der Waals surface area contributed by atoms with E-state index in [0.29, 0.717) is 6.29 Å². The maximum Gasteiger partial charge on any atom is 0.224 e. The number of hydrogen-bond donors (Lipinski definition) is 2. The van der Waals surface area contributed by atoms with Crippen molar-refractivity contribution < 1.29 is 18.3 Å². The fourth-order valence-corrected chi connectivity index (χ4v) is 3.23. The average Bonchev–Trinajstić information content (AvgIpc) is 2.74. The van der Waals surface area contributed by atoms with Gasteiger partial charge in [0.05, 0.1) is 0 Å². The number of carbonyl (C=O) groups is 1. The van der Waals surface area contributed by atoms with Gasteiger partial charge in [0.1, 0.15) is 29.5 Å². The van der Waals surface area contributed by atoms with Crippen LogP contribution in [0.3, 0.4) is 0 Å². The molecule has 1 heterocycles. The van der Waals surface area contributed by atoms with Gasteiger partial charge in [-0.2, -0.15) is 0 Å². The summed E-state index contributed by atoms with van der Waals surface area (Å²) in [6.45, 7) is 3.30. The van der Waals surface area contributed by atoms with Crippen LogP contribution in [0.2, 0.25) is 0 Å². The Labute approximate surface area is 174 Å². The number of nitrogens with two attached hydrogens (primary N) is 1. The molecule has 0 aromatic heterocycles. The number of nitrogens with zero attached hydrogens (tertiary/aromatic N) is 2. The van der Waals surface area contributed by atoms with Gasteiger partial charge in [-0.3, -0.25) is 0 Å². The summed E-state index contributed by atoms with van der Waals surface area (Å²) in [6.07, 6.45) is 2.52. The summed E-state index contributed by atoms with van der Waals surface area (Å²) in [7, 11) is 0. The molecule has 8 heteroatoms. The zero-order valence-electron chi connectivity index (χ0n) is 16.9. The van der Waals surface area contributed by atoms with E-state index in [9.17, 15) is 13.6 Å². The van der Waals surface area contributed by atoms with Crippen LogP contribution in [0.5, 0.6) is 0 Å². The number of rotatable bonds is 7. The first kappa shape index (κ1) is 21.7. The second-order valence-corrected chi connectivity index (χ2v) is 7.24. The highest BCUT2D eigenvalue weighted by atomic mass is 19.1. The number of halogens is 2. The Hall–Kier alpha value is -3.00. The first-order valence-electron chi connectivity index (χ1n) is 9.92. The van der Waals surface area contributed by atoms with Crippen LogP contribution in [0.15, 0.2) is 47.5 Å². The van der Waals surface area contributed by atoms with Crippen molar-refractivity contribution in [3.63, 3.8) is 0 Å². The minimum atomic E-state index is -0.808. The largest absolute Gasteiger partial charge is 0.456 e. The minimum Gasteiger partial charge on any atom is -0.456 e. The number of carbonyl (C=O) groups excluding carboxylic acids is 1. The second kappa shape index (κ2) is 10.2. The van der Waals surface area contributed by atoms with Crippen molar-refractivity contribution in [2.45, 2.75) is 31.8 Å². The third kappa shape index (κ3) is 5.54. The zero-order chi connectivity index (χ0) is 21.5. The van der Waals surface area contributed by atoms with Crippen molar-refractivity contribution >= 4 is 23.6 Å². The first-order chi connectivity index (χ1) is 14.5. The molecular formula is C22H26F2N4O2. The molecule has 1 aliphatic rings. The van der Waals surface area contributed by atoms with E-state index in [1.807, 2.05) is 24.3 Å². The lowest BCUT2D eigenvalue weighted by Crippen LogP contribution is -2.39. The number of anilines is 2. The molecule has 0 radical (unpaired) electrons. The number of hydrogen-bond acceptors (Lipinski definition) is 6. The topological polar surface area (TPSA) is 80.0 Å². The van der Waals surface area contributed by atoms with Crippen molar-refractivity contribution in [1.82, 2.24) is 0 Å². The molecule has 3 N–H and O–H groups in total. The van der Waals surface area contributed by atoms with E-state index in [2.05, 4.69) is 15.2 Å². The Balaban J connectivity index is 1.64. The van der Waals surface area contributed by atoms with Crippen molar-refractivity contribution in [1.29, 1.82) is 0 Å². The zero-order valence-corrected chi connectivity index (χ0v) is 16.9. The van der Waals surface area contributed by atoms with Crippen molar-refractivity contribution in [2.75, 3.05) is 30.0 Å². The van der Waals surface area contributed by atoms with Crippen LogP contribution >= 0.6 is 0 Å². The van der Waals surface area contributed by atoms with Gasteiger partial charge >= 0.3 is 0 Å². The summed E-state index contributed by atoms with van der Waals surface area (Å²) in [4.78, 5) is 17.2. The van der Waals surface area contributed by atoms with Gasteiger partial charge in [0.25, 0.3) is 0 Å². The lowest BCUT2D eigenvalue weighted by Gasteiger charge is -2.32. The van der Waals surface area contributed by atoms with Crippen LogP contribution in [-0.2, 0) is 9.53 Å². The van der Waals surface area contributed by atoms with Gasteiger partial charge in [0.15, 0.2) is 6.73 Å². The van der Waals surface area contributed by atoms with E-state index in [1.54, 1.807) is 0 Å². The molecule has 30 heavy (non-hydrogen) atoms. The van der Waals surface area contributed by atoms with Gasteiger partial charge in [0, 0.05) is 30.5 Å².